The Kier molecular flexibility index (Phi) is 5.76. The summed E-state index contributed by atoms with van der Waals surface area (Å²) in [4.78, 5) is 15.7. The van der Waals surface area contributed by atoms with Crippen LogP contribution in [0.25, 0.3) is 0 Å². The Morgan fingerprint density at radius 3 is 2.67 bits per heavy atom. The number of benzene rings is 1. The van der Waals surface area contributed by atoms with Gasteiger partial charge in [-0.2, -0.15) is 0 Å². The molecule has 4 heteroatoms. The molecule has 0 saturated carbocycles. The monoisotopic (exact) mass is 284 g/mol. The van der Waals surface area contributed by atoms with E-state index in [1.807, 2.05) is 31.2 Å². The first kappa shape index (κ1) is 15.0. The summed E-state index contributed by atoms with van der Waals surface area (Å²) in [7, 11) is 0. The summed E-state index contributed by atoms with van der Waals surface area (Å²) < 4.78 is 5.63. The van der Waals surface area contributed by atoms with Crippen molar-refractivity contribution in [1.82, 2.24) is 10.3 Å². The maximum absolute atomic E-state index is 11.7. The maximum atomic E-state index is 11.7. The number of ether oxygens (including phenoxy) is 1. The van der Waals surface area contributed by atoms with Crippen molar-refractivity contribution in [3.8, 4) is 5.75 Å². The van der Waals surface area contributed by atoms with Crippen LogP contribution in [0.5, 0.6) is 5.75 Å². The second-order valence-electron chi connectivity index (χ2n) is 4.84. The molecular formula is C17H20N2O2. The Morgan fingerprint density at radius 1 is 1.14 bits per heavy atom. The van der Waals surface area contributed by atoms with Crippen LogP contribution in [0.15, 0.2) is 48.7 Å². The predicted octanol–water partition coefficient (Wildman–Crippen LogP) is 2.98. The first-order valence-corrected chi connectivity index (χ1v) is 7.14. The molecule has 1 heterocycles. The number of nitrogens with zero attached hydrogens (tertiary/aromatic N) is 1. The van der Waals surface area contributed by atoms with E-state index >= 15 is 0 Å². The third kappa shape index (κ3) is 5.26. The highest BCUT2D eigenvalue weighted by molar-refractivity contribution is 5.92. The van der Waals surface area contributed by atoms with E-state index in [0.29, 0.717) is 18.8 Å². The number of unbranched alkanes of at least 4 members (excludes halogenated alkanes) is 1. The van der Waals surface area contributed by atoms with Gasteiger partial charge in [-0.25, -0.2) is 0 Å². The van der Waals surface area contributed by atoms with Gasteiger partial charge in [0.1, 0.15) is 11.4 Å². The highest BCUT2D eigenvalue weighted by Gasteiger charge is 2.04. The van der Waals surface area contributed by atoms with Crippen LogP contribution in [-0.2, 0) is 0 Å². The quantitative estimate of drug-likeness (QED) is 0.795. The fourth-order valence-corrected chi connectivity index (χ4v) is 1.84. The summed E-state index contributed by atoms with van der Waals surface area (Å²) in [5.74, 6) is 0.758. The summed E-state index contributed by atoms with van der Waals surface area (Å²) >= 11 is 0. The average Bonchev–Trinajstić information content (AvgIpc) is 2.53. The van der Waals surface area contributed by atoms with Gasteiger partial charge in [-0.3, -0.25) is 9.78 Å². The molecule has 1 aromatic carbocycles. The molecule has 110 valence electrons. The molecule has 0 aliphatic heterocycles. The zero-order chi connectivity index (χ0) is 14.9. The molecule has 0 radical (unpaired) electrons. The SMILES string of the molecule is Cc1ccc(OCCCCNC(=O)c2ccccn2)cc1. The number of aromatic nitrogens is 1. The van der Waals surface area contributed by atoms with E-state index in [4.69, 9.17) is 4.74 Å². The molecule has 1 N–H and O–H groups in total. The first-order valence-electron chi connectivity index (χ1n) is 7.14. The number of carbonyl (C=O) groups excluding carboxylic acids is 1. The minimum Gasteiger partial charge on any atom is -0.494 e. The molecule has 2 aromatic rings. The van der Waals surface area contributed by atoms with Gasteiger partial charge in [0, 0.05) is 12.7 Å². The van der Waals surface area contributed by atoms with E-state index in [9.17, 15) is 4.79 Å². The predicted molar refractivity (Wildman–Crippen MR) is 82.5 cm³/mol. The van der Waals surface area contributed by atoms with Crippen molar-refractivity contribution in [2.75, 3.05) is 13.2 Å². The molecule has 0 saturated heterocycles. The molecule has 4 nitrogen and oxygen atoms in total. The van der Waals surface area contributed by atoms with Gasteiger partial charge in [0.15, 0.2) is 0 Å². The highest BCUT2D eigenvalue weighted by Crippen LogP contribution is 2.11. The molecule has 0 bridgehead atoms. The van der Waals surface area contributed by atoms with Gasteiger partial charge in [-0.15, -0.1) is 0 Å². The molecule has 0 aliphatic carbocycles. The van der Waals surface area contributed by atoms with Gasteiger partial charge in [0.2, 0.25) is 0 Å². The lowest BCUT2D eigenvalue weighted by molar-refractivity contribution is 0.0947. The summed E-state index contributed by atoms with van der Waals surface area (Å²) in [5, 5.41) is 2.85. The summed E-state index contributed by atoms with van der Waals surface area (Å²) in [6.07, 6.45) is 3.39. The molecule has 21 heavy (non-hydrogen) atoms. The van der Waals surface area contributed by atoms with Gasteiger partial charge in [0.25, 0.3) is 5.91 Å². The molecule has 0 spiro atoms. The Bertz CT molecular complexity index is 553. The Labute approximate surface area is 125 Å². The van der Waals surface area contributed by atoms with E-state index in [-0.39, 0.29) is 5.91 Å². The third-order valence-electron chi connectivity index (χ3n) is 3.04. The Balaban J connectivity index is 1.58. The molecular weight excluding hydrogens is 264 g/mol. The standard InChI is InChI=1S/C17H20N2O2/c1-14-7-9-15(10-8-14)21-13-5-4-12-19-17(20)16-6-2-3-11-18-16/h2-3,6-11H,4-5,12-13H2,1H3,(H,19,20). The largest absolute Gasteiger partial charge is 0.494 e. The molecule has 0 aliphatic rings. The van der Waals surface area contributed by atoms with Crippen LogP contribution in [0.2, 0.25) is 0 Å². The van der Waals surface area contributed by atoms with E-state index in [2.05, 4.69) is 10.3 Å². The van der Waals surface area contributed by atoms with Crippen LogP contribution in [-0.4, -0.2) is 24.0 Å². The van der Waals surface area contributed by atoms with Gasteiger partial charge >= 0.3 is 0 Å². The second-order valence-corrected chi connectivity index (χ2v) is 4.84. The fourth-order valence-electron chi connectivity index (χ4n) is 1.84. The number of amides is 1. The van der Waals surface area contributed by atoms with Gasteiger partial charge < -0.3 is 10.1 Å². The Morgan fingerprint density at radius 2 is 1.95 bits per heavy atom. The number of aryl methyl sites for hydroxylation is 1. The van der Waals surface area contributed by atoms with Crippen molar-refractivity contribution in [1.29, 1.82) is 0 Å². The van der Waals surface area contributed by atoms with Crippen molar-refractivity contribution in [3.63, 3.8) is 0 Å². The number of rotatable bonds is 7. The fraction of sp³-hybridized carbons (Fsp3) is 0.294. The minimum atomic E-state index is -0.130. The second kappa shape index (κ2) is 8.04. The van der Waals surface area contributed by atoms with Crippen LogP contribution >= 0.6 is 0 Å². The zero-order valence-corrected chi connectivity index (χ0v) is 12.2. The lowest BCUT2D eigenvalue weighted by atomic mass is 10.2. The van der Waals surface area contributed by atoms with Crippen molar-refractivity contribution in [2.24, 2.45) is 0 Å². The summed E-state index contributed by atoms with van der Waals surface area (Å²) in [5.41, 5.74) is 1.67. The van der Waals surface area contributed by atoms with E-state index in [0.717, 1.165) is 18.6 Å². The topological polar surface area (TPSA) is 51.2 Å². The van der Waals surface area contributed by atoms with Crippen LogP contribution in [0.4, 0.5) is 0 Å². The van der Waals surface area contributed by atoms with Crippen LogP contribution in [0, 0.1) is 6.92 Å². The van der Waals surface area contributed by atoms with Crippen LogP contribution < -0.4 is 10.1 Å². The zero-order valence-electron chi connectivity index (χ0n) is 12.2. The van der Waals surface area contributed by atoms with Gasteiger partial charge in [-0.1, -0.05) is 23.8 Å². The lowest BCUT2D eigenvalue weighted by Crippen LogP contribution is -2.25. The van der Waals surface area contributed by atoms with E-state index in [1.54, 1.807) is 24.4 Å². The number of carbonyl (C=O) groups is 1. The van der Waals surface area contributed by atoms with Crippen molar-refractivity contribution < 1.29 is 9.53 Å². The molecule has 1 amide bonds. The lowest BCUT2D eigenvalue weighted by Gasteiger charge is -2.07. The molecule has 2 rings (SSSR count). The van der Waals surface area contributed by atoms with E-state index in [1.165, 1.54) is 5.56 Å². The van der Waals surface area contributed by atoms with Crippen LogP contribution in [0.3, 0.4) is 0 Å². The number of nitrogens with one attached hydrogen (secondary N) is 1. The number of pyridine rings is 1. The Hall–Kier alpha value is -2.36. The first-order chi connectivity index (χ1) is 10.3. The van der Waals surface area contributed by atoms with Crippen molar-refractivity contribution in [2.45, 2.75) is 19.8 Å². The highest BCUT2D eigenvalue weighted by atomic mass is 16.5. The number of hydrogen-bond acceptors (Lipinski definition) is 3. The summed E-state index contributed by atoms with van der Waals surface area (Å²) in [6.45, 7) is 3.34. The number of hydrogen-bond donors (Lipinski definition) is 1. The third-order valence-corrected chi connectivity index (χ3v) is 3.04. The van der Waals surface area contributed by atoms with Crippen molar-refractivity contribution >= 4 is 5.91 Å². The normalized spacial score (nSPS) is 10.1. The smallest absolute Gasteiger partial charge is 0.269 e. The van der Waals surface area contributed by atoms with E-state index < -0.39 is 0 Å². The molecule has 0 unspecified atom stereocenters. The molecule has 0 fully saturated rings. The van der Waals surface area contributed by atoms with Crippen LogP contribution in [0.1, 0.15) is 28.9 Å². The summed E-state index contributed by atoms with van der Waals surface area (Å²) in [6, 6.07) is 13.3. The molecule has 1 aromatic heterocycles. The van der Waals surface area contributed by atoms with Gasteiger partial charge in [-0.05, 0) is 44.0 Å². The minimum absolute atomic E-state index is 0.130. The maximum Gasteiger partial charge on any atom is 0.269 e. The van der Waals surface area contributed by atoms with Crippen molar-refractivity contribution in [3.05, 3.63) is 59.9 Å². The van der Waals surface area contributed by atoms with Gasteiger partial charge in [0.05, 0.1) is 6.61 Å². The average molecular weight is 284 g/mol. The molecule has 0 atom stereocenters.